The van der Waals surface area contributed by atoms with Gasteiger partial charge in [-0.3, -0.25) is 0 Å². The Morgan fingerprint density at radius 3 is 1.90 bits per heavy atom. The van der Waals surface area contributed by atoms with E-state index in [-0.39, 0.29) is 5.54 Å². The molecule has 0 aliphatic heterocycles. The normalized spacial score (nSPS) is 39.2. The molecule has 5 rings (SSSR count). The van der Waals surface area contributed by atoms with Crippen molar-refractivity contribution in [3.8, 4) is 0 Å². The molecule has 0 saturated heterocycles. The van der Waals surface area contributed by atoms with Crippen molar-refractivity contribution in [2.24, 2.45) is 17.8 Å². The van der Waals surface area contributed by atoms with E-state index in [2.05, 4.69) is 49.5 Å². The lowest BCUT2D eigenvalue weighted by molar-refractivity contribution is -0.0332. The lowest BCUT2D eigenvalue weighted by Crippen LogP contribution is -2.62. The third-order valence-corrected chi connectivity index (χ3v) is 6.11. The SMILES string of the molecule is CC(C)(NC12CC3CC(CC(C3)C1)C2)c1ccccc1. The Kier molecular flexibility index (Phi) is 2.79. The molecular formula is C19H27N. The summed E-state index contributed by atoms with van der Waals surface area (Å²) >= 11 is 0. The first kappa shape index (κ1) is 12.9. The van der Waals surface area contributed by atoms with E-state index in [1.807, 2.05) is 0 Å². The first-order valence-corrected chi connectivity index (χ1v) is 8.40. The molecule has 0 spiro atoms. The Labute approximate surface area is 123 Å². The number of rotatable bonds is 3. The van der Waals surface area contributed by atoms with E-state index in [9.17, 15) is 0 Å². The van der Waals surface area contributed by atoms with Gasteiger partial charge in [-0.15, -0.1) is 0 Å². The molecule has 4 fully saturated rings. The van der Waals surface area contributed by atoms with Crippen LogP contribution in [0.25, 0.3) is 0 Å². The fraction of sp³-hybridized carbons (Fsp3) is 0.684. The van der Waals surface area contributed by atoms with Crippen LogP contribution in [0.2, 0.25) is 0 Å². The zero-order valence-corrected chi connectivity index (χ0v) is 12.9. The van der Waals surface area contributed by atoms with Gasteiger partial charge in [0, 0.05) is 11.1 Å². The number of hydrogen-bond acceptors (Lipinski definition) is 1. The first-order chi connectivity index (χ1) is 9.55. The molecule has 1 N–H and O–H groups in total. The van der Waals surface area contributed by atoms with Crippen molar-refractivity contribution in [2.45, 2.75) is 63.5 Å². The minimum atomic E-state index is 0.0902. The van der Waals surface area contributed by atoms with Crippen LogP contribution >= 0.6 is 0 Å². The second-order valence-electron chi connectivity index (χ2n) is 8.31. The minimum absolute atomic E-state index is 0.0902. The van der Waals surface area contributed by atoms with Crippen LogP contribution in [0.15, 0.2) is 30.3 Å². The lowest BCUT2D eigenvalue weighted by atomic mass is 9.52. The molecular weight excluding hydrogens is 242 g/mol. The maximum Gasteiger partial charge on any atom is 0.0382 e. The first-order valence-electron chi connectivity index (χ1n) is 8.40. The monoisotopic (exact) mass is 269 g/mol. The van der Waals surface area contributed by atoms with Crippen LogP contribution in [0.5, 0.6) is 0 Å². The molecule has 0 radical (unpaired) electrons. The molecule has 1 heteroatoms. The van der Waals surface area contributed by atoms with Gasteiger partial charge >= 0.3 is 0 Å². The molecule has 4 bridgehead atoms. The molecule has 20 heavy (non-hydrogen) atoms. The van der Waals surface area contributed by atoms with E-state index in [1.165, 1.54) is 44.1 Å². The van der Waals surface area contributed by atoms with E-state index in [0.717, 1.165) is 17.8 Å². The molecule has 0 heterocycles. The smallest absolute Gasteiger partial charge is 0.0382 e. The third-order valence-electron chi connectivity index (χ3n) is 6.11. The fourth-order valence-electron chi connectivity index (χ4n) is 5.85. The third kappa shape index (κ3) is 2.11. The van der Waals surface area contributed by atoms with Crippen molar-refractivity contribution in [2.75, 3.05) is 0 Å². The van der Waals surface area contributed by atoms with Crippen molar-refractivity contribution in [1.29, 1.82) is 0 Å². The largest absolute Gasteiger partial charge is 0.302 e. The Bertz CT molecular complexity index is 452. The van der Waals surface area contributed by atoms with Gasteiger partial charge < -0.3 is 5.32 Å². The van der Waals surface area contributed by atoms with E-state index in [0.29, 0.717) is 5.54 Å². The highest BCUT2D eigenvalue weighted by molar-refractivity contribution is 5.24. The van der Waals surface area contributed by atoms with Crippen LogP contribution in [0, 0.1) is 17.8 Å². The predicted octanol–water partition coefficient (Wildman–Crippen LogP) is 4.48. The van der Waals surface area contributed by atoms with Gasteiger partial charge in [0.2, 0.25) is 0 Å². The molecule has 0 unspecified atom stereocenters. The van der Waals surface area contributed by atoms with Crippen molar-refractivity contribution < 1.29 is 0 Å². The highest BCUT2D eigenvalue weighted by atomic mass is 15.1. The summed E-state index contributed by atoms with van der Waals surface area (Å²) in [5, 5.41) is 4.12. The molecule has 1 aromatic rings. The molecule has 1 nitrogen and oxygen atoms in total. The van der Waals surface area contributed by atoms with E-state index in [1.54, 1.807) is 0 Å². The van der Waals surface area contributed by atoms with Crippen LogP contribution in [0.3, 0.4) is 0 Å². The summed E-state index contributed by atoms with van der Waals surface area (Å²) in [6.07, 6.45) is 8.84. The molecule has 0 atom stereocenters. The van der Waals surface area contributed by atoms with Crippen molar-refractivity contribution in [1.82, 2.24) is 5.32 Å². The molecule has 0 amide bonds. The number of hydrogen-bond donors (Lipinski definition) is 1. The quantitative estimate of drug-likeness (QED) is 0.853. The lowest BCUT2D eigenvalue weighted by Gasteiger charge is -2.59. The Balaban J connectivity index is 1.59. The average Bonchev–Trinajstić information content (AvgIpc) is 2.36. The topological polar surface area (TPSA) is 12.0 Å². The van der Waals surface area contributed by atoms with Gasteiger partial charge in [0.1, 0.15) is 0 Å². The van der Waals surface area contributed by atoms with Crippen molar-refractivity contribution in [3.05, 3.63) is 35.9 Å². The summed E-state index contributed by atoms with van der Waals surface area (Å²) < 4.78 is 0. The van der Waals surface area contributed by atoms with Gasteiger partial charge in [-0.1, -0.05) is 30.3 Å². The van der Waals surface area contributed by atoms with Crippen molar-refractivity contribution in [3.63, 3.8) is 0 Å². The second-order valence-corrected chi connectivity index (χ2v) is 8.31. The highest BCUT2D eigenvalue weighted by Gasteiger charge is 2.52. The Morgan fingerprint density at radius 1 is 0.900 bits per heavy atom. The van der Waals surface area contributed by atoms with Crippen LogP contribution in [0.4, 0.5) is 0 Å². The van der Waals surface area contributed by atoms with E-state index in [4.69, 9.17) is 0 Å². The van der Waals surface area contributed by atoms with Gasteiger partial charge in [-0.2, -0.15) is 0 Å². The molecule has 108 valence electrons. The van der Waals surface area contributed by atoms with Crippen LogP contribution in [-0.2, 0) is 5.54 Å². The summed E-state index contributed by atoms with van der Waals surface area (Å²) in [7, 11) is 0. The van der Waals surface area contributed by atoms with Crippen LogP contribution < -0.4 is 5.32 Å². The standard InChI is InChI=1S/C19H27N/c1-18(2,17-6-4-3-5-7-17)20-19-11-14-8-15(12-19)10-16(9-14)13-19/h3-7,14-16,20H,8-13H2,1-2H3. The maximum absolute atomic E-state index is 4.12. The fourth-order valence-corrected chi connectivity index (χ4v) is 5.85. The summed E-state index contributed by atoms with van der Waals surface area (Å²) in [5.41, 5.74) is 1.96. The molecule has 4 saturated carbocycles. The number of nitrogens with one attached hydrogen (secondary N) is 1. The van der Waals surface area contributed by atoms with Gasteiger partial charge in [-0.05, 0) is 75.7 Å². The van der Waals surface area contributed by atoms with E-state index < -0.39 is 0 Å². The maximum atomic E-state index is 4.12. The highest BCUT2D eigenvalue weighted by Crippen LogP contribution is 2.56. The summed E-state index contributed by atoms with van der Waals surface area (Å²) in [5.74, 6) is 3.04. The van der Waals surface area contributed by atoms with Gasteiger partial charge in [0.15, 0.2) is 0 Å². The van der Waals surface area contributed by atoms with Crippen LogP contribution in [0.1, 0.15) is 57.9 Å². The average molecular weight is 269 g/mol. The molecule has 4 aliphatic rings. The Hall–Kier alpha value is -0.820. The molecule has 1 aromatic carbocycles. The zero-order valence-electron chi connectivity index (χ0n) is 12.9. The minimum Gasteiger partial charge on any atom is -0.302 e. The summed E-state index contributed by atoms with van der Waals surface area (Å²) in [6, 6.07) is 11.0. The van der Waals surface area contributed by atoms with E-state index >= 15 is 0 Å². The van der Waals surface area contributed by atoms with Gasteiger partial charge in [0.05, 0.1) is 0 Å². The molecule has 0 aromatic heterocycles. The van der Waals surface area contributed by atoms with Crippen LogP contribution in [-0.4, -0.2) is 5.54 Å². The Morgan fingerprint density at radius 2 is 1.40 bits per heavy atom. The van der Waals surface area contributed by atoms with Gasteiger partial charge in [0.25, 0.3) is 0 Å². The number of benzene rings is 1. The van der Waals surface area contributed by atoms with Gasteiger partial charge in [-0.25, -0.2) is 0 Å². The van der Waals surface area contributed by atoms with Crippen molar-refractivity contribution >= 4 is 0 Å². The molecule has 4 aliphatic carbocycles. The second kappa shape index (κ2) is 4.34. The summed E-state index contributed by atoms with van der Waals surface area (Å²) in [4.78, 5) is 0. The summed E-state index contributed by atoms with van der Waals surface area (Å²) in [6.45, 7) is 4.72. The zero-order chi connectivity index (χ0) is 13.8. The predicted molar refractivity (Wildman–Crippen MR) is 83.5 cm³/mol.